The van der Waals surface area contributed by atoms with E-state index in [0.717, 1.165) is 9.98 Å². The normalized spacial score (nSPS) is 12.5. The third kappa shape index (κ3) is 3.26. The van der Waals surface area contributed by atoms with Gasteiger partial charge in [0.25, 0.3) is 11.3 Å². The molecule has 18 heavy (non-hydrogen) atoms. The Hall–Kier alpha value is -1.98. The third-order valence-electron chi connectivity index (χ3n) is 2.24. The summed E-state index contributed by atoms with van der Waals surface area (Å²) in [6, 6.07) is 18.2. The Kier molecular flexibility index (Phi) is 4.22. The van der Waals surface area contributed by atoms with Crippen LogP contribution in [0.2, 0.25) is 0 Å². The first-order valence-corrected chi connectivity index (χ1v) is 6.39. The van der Waals surface area contributed by atoms with Crippen molar-refractivity contribution >= 4 is 23.2 Å². The second kappa shape index (κ2) is 6.09. The monoisotopic (exact) mass is 260 g/mol. The summed E-state index contributed by atoms with van der Waals surface area (Å²) in [5, 5.41) is 4.02. The molecule has 1 N–H and O–H groups in total. The fraction of sp³-hybridized carbons (Fsp3) is 0. The second-order valence-electron chi connectivity index (χ2n) is 3.49. The Morgan fingerprint density at radius 2 is 1.56 bits per heavy atom. The number of anilines is 1. The van der Waals surface area contributed by atoms with Crippen LogP contribution < -0.4 is 4.41 Å². The lowest BCUT2D eigenvalue weighted by molar-refractivity contribution is 0.560. The van der Waals surface area contributed by atoms with E-state index in [-0.39, 0.29) is 0 Å². The minimum absolute atomic E-state index is 0.561. The van der Waals surface area contributed by atoms with Crippen molar-refractivity contribution in [3.8, 4) is 0 Å². The number of hydrazone groups is 1. The molecule has 2 aromatic carbocycles. The van der Waals surface area contributed by atoms with E-state index in [0.29, 0.717) is 5.69 Å². The fourth-order valence-corrected chi connectivity index (χ4v) is 1.84. The van der Waals surface area contributed by atoms with E-state index in [9.17, 15) is 8.76 Å². The second-order valence-corrected chi connectivity index (χ2v) is 4.30. The van der Waals surface area contributed by atoms with Crippen molar-refractivity contribution in [3.63, 3.8) is 0 Å². The Balaban J connectivity index is 2.23. The van der Waals surface area contributed by atoms with Crippen LogP contribution in [0.1, 0.15) is 5.56 Å². The smallest absolute Gasteiger partial charge is 0.283 e. The number of hydrogen-bond donors (Lipinski definition) is 1. The average molecular weight is 260 g/mol. The molecule has 0 aliphatic carbocycles. The molecule has 0 bridgehead atoms. The van der Waals surface area contributed by atoms with Gasteiger partial charge in [0.05, 0.1) is 11.9 Å². The molecule has 0 amide bonds. The van der Waals surface area contributed by atoms with Gasteiger partial charge in [-0.1, -0.05) is 48.5 Å². The van der Waals surface area contributed by atoms with Crippen molar-refractivity contribution in [2.75, 3.05) is 4.41 Å². The Bertz CT molecular complexity index is 543. The maximum absolute atomic E-state index is 11.2. The molecule has 4 nitrogen and oxygen atoms in total. The lowest BCUT2D eigenvalue weighted by Gasteiger charge is -2.13. The molecular formula is C13H12N2O2S. The molecule has 0 fully saturated rings. The molecular weight excluding hydrogens is 248 g/mol. The molecule has 0 aliphatic rings. The van der Waals surface area contributed by atoms with Crippen molar-refractivity contribution < 1.29 is 8.76 Å². The number of hydrogen-bond acceptors (Lipinski definition) is 2. The van der Waals surface area contributed by atoms with E-state index >= 15 is 0 Å². The first-order chi connectivity index (χ1) is 8.77. The summed E-state index contributed by atoms with van der Waals surface area (Å²) in [7, 11) is 0. The summed E-state index contributed by atoms with van der Waals surface area (Å²) in [5.41, 5.74) is 1.43. The zero-order valence-electron chi connectivity index (χ0n) is 9.51. The van der Waals surface area contributed by atoms with Crippen LogP contribution in [0, 0.1) is 0 Å². The summed E-state index contributed by atoms with van der Waals surface area (Å²) < 4.78 is 21.5. The summed E-state index contributed by atoms with van der Waals surface area (Å²) >= 11 is -2.19. The largest absolute Gasteiger partial charge is 0.288 e. The van der Waals surface area contributed by atoms with Gasteiger partial charge in [-0.2, -0.15) is 9.52 Å². The van der Waals surface area contributed by atoms with Crippen LogP contribution in [-0.2, 0) is 11.3 Å². The van der Waals surface area contributed by atoms with Crippen LogP contribution in [0.3, 0.4) is 0 Å². The lowest BCUT2D eigenvalue weighted by atomic mass is 10.2. The van der Waals surface area contributed by atoms with Crippen LogP contribution in [0.25, 0.3) is 0 Å². The van der Waals surface area contributed by atoms with Crippen molar-refractivity contribution in [1.29, 1.82) is 0 Å². The van der Waals surface area contributed by atoms with Crippen molar-refractivity contribution in [3.05, 3.63) is 66.2 Å². The molecule has 0 saturated heterocycles. The van der Waals surface area contributed by atoms with E-state index in [2.05, 4.69) is 5.10 Å². The molecule has 92 valence electrons. The molecule has 2 aromatic rings. The van der Waals surface area contributed by atoms with Gasteiger partial charge >= 0.3 is 0 Å². The highest BCUT2D eigenvalue weighted by Crippen LogP contribution is 2.14. The van der Waals surface area contributed by atoms with Crippen molar-refractivity contribution in [2.45, 2.75) is 0 Å². The molecule has 0 aliphatic heterocycles. The molecule has 5 heteroatoms. The fourth-order valence-electron chi connectivity index (χ4n) is 1.41. The number of benzene rings is 2. The zero-order chi connectivity index (χ0) is 12.8. The maximum atomic E-state index is 11.2. The SMILES string of the molecule is O=S(O)N(N=Cc1ccccc1)c1ccccc1. The van der Waals surface area contributed by atoms with E-state index in [4.69, 9.17) is 0 Å². The first kappa shape index (κ1) is 12.5. The van der Waals surface area contributed by atoms with Crippen LogP contribution >= 0.6 is 0 Å². The third-order valence-corrected chi connectivity index (χ3v) is 2.84. The van der Waals surface area contributed by atoms with Gasteiger partial charge in [0.1, 0.15) is 0 Å². The first-order valence-electron chi connectivity index (χ1n) is 5.32. The Morgan fingerprint density at radius 3 is 2.11 bits per heavy atom. The Labute approximate surface area is 108 Å². The van der Waals surface area contributed by atoms with Gasteiger partial charge in [-0.25, -0.2) is 4.21 Å². The summed E-state index contributed by atoms with van der Waals surface area (Å²) in [4.78, 5) is 0. The molecule has 2 rings (SSSR count). The van der Waals surface area contributed by atoms with Crippen LogP contribution in [0.4, 0.5) is 5.69 Å². The zero-order valence-corrected chi connectivity index (χ0v) is 10.3. The lowest BCUT2D eigenvalue weighted by Crippen LogP contribution is -2.18. The highest BCUT2D eigenvalue weighted by Gasteiger charge is 2.09. The van der Waals surface area contributed by atoms with Crippen molar-refractivity contribution in [1.82, 2.24) is 0 Å². The highest BCUT2D eigenvalue weighted by molar-refractivity contribution is 7.80. The van der Waals surface area contributed by atoms with E-state index in [1.807, 2.05) is 36.4 Å². The summed E-state index contributed by atoms with van der Waals surface area (Å²) in [6.45, 7) is 0. The topological polar surface area (TPSA) is 52.9 Å². The maximum Gasteiger partial charge on any atom is 0.283 e. The molecule has 0 saturated carbocycles. The molecule has 0 radical (unpaired) electrons. The van der Waals surface area contributed by atoms with Crippen LogP contribution in [0.5, 0.6) is 0 Å². The van der Waals surface area contributed by atoms with E-state index in [1.54, 1.807) is 30.5 Å². The minimum atomic E-state index is -2.19. The molecule has 0 heterocycles. The van der Waals surface area contributed by atoms with Gasteiger partial charge in [-0.05, 0) is 17.7 Å². The van der Waals surface area contributed by atoms with Gasteiger partial charge in [0, 0.05) is 0 Å². The summed E-state index contributed by atoms with van der Waals surface area (Å²) in [5.74, 6) is 0. The molecule has 0 spiro atoms. The van der Waals surface area contributed by atoms with Crippen molar-refractivity contribution in [2.24, 2.45) is 5.10 Å². The van der Waals surface area contributed by atoms with Gasteiger partial charge in [0.2, 0.25) is 0 Å². The van der Waals surface area contributed by atoms with Crippen LogP contribution in [-0.4, -0.2) is 15.0 Å². The number of nitrogens with zero attached hydrogens (tertiary/aromatic N) is 2. The average Bonchev–Trinajstić information content (AvgIpc) is 2.41. The van der Waals surface area contributed by atoms with Gasteiger partial charge in [-0.3, -0.25) is 4.55 Å². The van der Waals surface area contributed by atoms with E-state index in [1.165, 1.54) is 0 Å². The Morgan fingerprint density at radius 1 is 1.00 bits per heavy atom. The van der Waals surface area contributed by atoms with Gasteiger partial charge in [0.15, 0.2) is 0 Å². The minimum Gasteiger partial charge on any atom is -0.288 e. The number of rotatable bonds is 4. The van der Waals surface area contributed by atoms with Gasteiger partial charge in [-0.15, -0.1) is 0 Å². The summed E-state index contributed by atoms with van der Waals surface area (Å²) in [6.07, 6.45) is 1.54. The standard InChI is InChI=1S/C13H12N2O2S/c16-18(17)15(13-9-5-2-6-10-13)14-11-12-7-3-1-4-8-12/h1-11H,(H,16,17). The quantitative estimate of drug-likeness (QED) is 0.522. The predicted molar refractivity (Wildman–Crippen MR) is 73.7 cm³/mol. The predicted octanol–water partition coefficient (Wildman–Crippen LogP) is 2.66. The number of para-hydroxylation sites is 1. The van der Waals surface area contributed by atoms with E-state index < -0.39 is 11.3 Å². The molecule has 0 aromatic heterocycles. The van der Waals surface area contributed by atoms with Crippen LogP contribution in [0.15, 0.2) is 65.8 Å². The molecule has 1 unspecified atom stereocenters. The molecule has 1 atom stereocenters. The van der Waals surface area contributed by atoms with Gasteiger partial charge < -0.3 is 0 Å². The highest BCUT2D eigenvalue weighted by atomic mass is 32.2.